The topological polar surface area (TPSA) is 30.5 Å². The van der Waals surface area contributed by atoms with Crippen molar-refractivity contribution >= 4 is 0 Å². The molecule has 3 heteroatoms. The fraction of sp³-hybridized carbons (Fsp3) is 1.00. The Hall–Kier alpha value is -0.120. The summed E-state index contributed by atoms with van der Waals surface area (Å²) in [6.07, 6.45) is 2.74. The molecule has 0 saturated carbocycles. The third-order valence-corrected chi connectivity index (χ3v) is 3.57. The second-order valence-electron chi connectivity index (χ2n) is 4.98. The number of hydrogen-bond acceptors (Lipinski definition) is 3. The lowest BCUT2D eigenvalue weighted by Gasteiger charge is -2.29. The number of ether oxygens (including phenoxy) is 2. The molecule has 1 saturated heterocycles. The summed E-state index contributed by atoms with van der Waals surface area (Å²) >= 11 is 0. The zero-order chi connectivity index (χ0) is 12.0. The predicted molar refractivity (Wildman–Crippen MR) is 66.6 cm³/mol. The van der Waals surface area contributed by atoms with E-state index in [1.165, 1.54) is 6.42 Å². The second-order valence-corrected chi connectivity index (χ2v) is 4.98. The molecule has 16 heavy (non-hydrogen) atoms. The lowest BCUT2D eigenvalue weighted by Crippen LogP contribution is -2.42. The van der Waals surface area contributed by atoms with E-state index in [-0.39, 0.29) is 0 Å². The molecule has 1 aliphatic rings. The average molecular weight is 229 g/mol. The Morgan fingerprint density at radius 2 is 2.25 bits per heavy atom. The fourth-order valence-corrected chi connectivity index (χ4v) is 2.65. The van der Waals surface area contributed by atoms with Crippen molar-refractivity contribution in [3.8, 4) is 0 Å². The molecule has 0 aliphatic carbocycles. The summed E-state index contributed by atoms with van der Waals surface area (Å²) in [7, 11) is 1.77. The van der Waals surface area contributed by atoms with Gasteiger partial charge in [0.05, 0.1) is 12.7 Å². The van der Waals surface area contributed by atoms with E-state index in [1.54, 1.807) is 7.11 Å². The quantitative estimate of drug-likeness (QED) is 0.725. The van der Waals surface area contributed by atoms with Crippen LogP contribution in [-0.4, -0.2) is 39.0 Å². The Kier molecular flexibility index (Phi) is 6.32. The highest BCUT2D eigenvalue weighted by Gasteiger charge is 2.32. The second kappa shape index (κ2) is 7.25. The van der Waals surface area contributed by atoms with E-state index >= 15 is 0 Å². The lowest BCUT2D eigenvalue weighted by atomic mass is 9.86. The molecule has 0 aromatic heterocycles. The van der Waals surface area contributed by atoms with E-state index in [9.17, 15) is 0 Å². The molecule has 1 N–H and O–H groups in total. The molecule has 1 heterocycles. The van der Waals surface area contributed by atoms with Crippen LogP contribution in [0.1, 0.15) is 33.6 Å². The van der Waals surface area contributed by atoms with Crippen molar-refractivity contribution < 1.29 is 9.47 Å². The van der Waals surface area contributed by atoms with Gasteiger partial charge < -0.3 is 14.8 Å². The van der Waals surface area contributed by atoms with Gasteiger partial charge in [0.2, 0.25) is 0 Å². The van der Waals surface area contributed by atoms with Crippen LogP contribution in [0.2, 0.25) is 0 Å². The molecule has 0 spiro atoms. The van der Waals surface area contributed by atoms with Gasteiger partial charge in [0, 0.05) is 25.7 Å². The summed E-state index contributed by atoms with van der Waals surface area (Å²) in [4.78, 5) is 0. The first-order valence-corrected chi connectivity index (χ1v) is 6.52. The molecule has 1 aliphatic heterocycles. The molecule has 96 valence electrons. The minimum atomic E-state index is 0.431. The molecule has 4 atom stereocenters. The molecule has 0 radical (unpaired) electrons. The van der Waals surface area contributed by atoms with Gasteiger partial charge in [-0.05, 0) is 32.2 Å². The van der Waals surface area contributed by atoms with Gasteiger partial charge in [0.1, 0.15) is 0 Å². The van der Waals surface area contributed by atoms with Crippen LogP contribution in [0.25, 0.3) is 0 Å². The van der Waals surface area contributed by atoms with Crippen molar-refractivity contribution in [1.29, 1.82) is 0 Å². The Morgan fingerprint density at radius 3 is 2.75 bits per heavy atom. The summed E-state index contributed by atoms with van der Waals surface area (Å²) in [5.41, 5.74) is 0. The highest BCUT2D eigenvalue weighted by Crippen LogP contribution is 2.27. The summed E-state index contributed by atoms with van der Waals surface area (Å²) in [5.74, 6) is 1.32. The largest absolute Gasteiger partial charge is 0.385 e. The third-order valence-electron chi connectivity index (χ3n) is 3.57. The van der Waals surface area contributed by atoms with E-state index in [2.05, 4.69) is 26.1 Å². The first-order chi connectivity index (χ1) is 7.69. The minimum absolute atomic E-state index is 0.431. The first kappa shape index (κ1) is 13.9. The van der Waals surface area contributed by atoms with Crippen molar-refractivity contribution in [2.75, 3.05) is 26.9 Å². The average Bonchev–Trinajstić information content (AvgIpc) is 2.69. The van der Waals surface area contributed by atoms with E-state index in [0.29, 0.717) is 24.0 Å². The zero-order valence-corrected chi connectivity index (χ0v) is 11.2. The number of nitrogens with one attached hydrogen (secondary N) is 1. The molecule has 0 amide bonds. The monoisotopic (exact) mass is 229 g/mol. The van der Waals surface area contributed by atoms with Crippen molar-refractivity contribution in [2.45, 2.75) is 45.8 Å². The fourth-order valence-electron chi connectivity index (χ4n) is 2.65. The molecule has 3 nitrogen and oxygen atoms in total. The maximum absolute atomic E-state index is 5.68. The standard InChI is InChI=1S/C13H27NO2/c1-5-14-13(10(2)6-7-15-4)12-8-11(3)16-9-12/h10-14H,5-9H2,1-4H3. The van der Waals surface area contributed by atoms with Crippen LogP contribution >= 0.6 is 0 Å². The summed E-state index contributed by atoms with van der Waals surface area (Å²) in [6, 6.07) is 0.574. The van der Waals surface area contributed by atoms with Crippen molar-refractivity contribution in [2.24, 2.45) is 11.8 Å². The van der Waals surface area contributed by atoms with Gasteiger partial charge >= 0.3 is 0 Å². The van der Waals surface area contributed by atoms with Crippen LogP contribution in [0.15, 0.2) is 0 Å². The smallest absolute Gasteiger partial charge is 0.0551 e. The number of rotatable bonds is 7. The van der Waals surface area contributed by atoms with Gasteiger partial charge in [-0.3, -0.25) is 0 Å². The predicted octanol–water partition coefficient (Wildman–Crippen LogP) is 2.06. The zero-order valence-electron chi connectivity index (χ0n) is 11.2. The Balaban J connectivity index is 2.45. The molecular weight excluding hydrogens is 202 g/mol. The van der Waals surface area contributed by atoms with Crippen LogP contribution in [0.3, 0.4) is 0 Å². The number of hydrogen-bond donors (Lipinski definition) is 1. The van der Waals surface area contributed by atoms with Gasteiger partial charge in [-0.25, -0.2) is 0 Å². The van der Waals surface area contributed by atoms with Gasteiger partial charge in [0.25, 0.3) is 0 Å². The highest BCUT2D eigenvalue weighted by atomic mass is 16.5. The third kappa shape index (κ3) is 4.04. The summed E-state index contributed by atoms with van der Waals surface area (Å²) in [6.45, 7) is 9.46. The molecule has 1 rings (SSSR count). The van der Waals surface area contributed by atoms with Crippen LogP contribution in [0, 0.1) is 11.8 Å². The van der Waals surface area contributed by atoms with Crippen LogP contribution < -0.4 is 5.32 Å². The van der Waals surface area contributed by atoms with E-state index < -0.39 is 0 Å². The van der Waals surface area contributed by atoms with Gasteiger partial charge in [-0.15, -0.1) is 0 Å². The molecule has 0 bridgehead atoms. The van der Waals surface area contributed by atoms with Crippen LogP contribution in [-0.2, 0) is 9.47 Å². The Labute approximate surface area is 99.9 Å². The van der Waals surface area contributed by atoms with Crippen molar-refractivity contribution in [3.05, 3.63) is 0 Å². The van der Waals surface area contributed by atoms with Crippen LogP contribution in [0.5, 0.6) is 0 Å². The minimum Gasteiger partial charge on any atom is -0.385 e. The van der Waals surface area contributed by atoms with Gasteiger partial charge in [-0.2, -0.15) is 0 Å². The van der Waals surface area contributed by atoms with Gasteiger partial charge in [-0.1, -0.05) is 13.8 Å². The summed E-state index contributed by atoms with van der Waals surface area (Å²) in [5, 5.41) is 3.62. The maximum Gasteiger partial charge on any atom is 0.0551 e. The molecule has 4 unspecified atom stereocenters. The first-order valence-electron chi connectivity index (χ1n) is 6.52. The molecule has 0 aromatic carbocycles. The molecular formula is C13H27NO2. The molecule has 1 fully saturated rings. The van der Waals surface area contributed by atoms with E-state index in [1.807, 2.05) is 0 Å². The number of methoxy groups -OCH3 is 1. The van der Waals surface area contributed by atoms with Crippen LogP contribution in [0.4, 0.5) is 0 Å². The van der Waals surface area contributed by atoms with Crippen molar-refractivity contribution in [1.82, 2.24) is 5.32 Å². The van der Waals surface area contributed by atoms with E-state index in [0.717, 1.165) is 26.2 Å². The Morgan fingerprint density at radius 1 is 1.50 bits per heavy atom. The van der Waals surface area contributed by atoms with Gasteiger partial charge in [0.15, 0.2) is 0 Å². The summed E-state index contributed by atoms with van der Waals surface area (Å²) < 4.78 is 10.8. The molecule has 0 aromatic rings. The van der Waals surface area contributed by atoms with E-state index in [4.69, 9.17) is 9.47 Å². The Bertz CT molecular complexity index is 187. The lowest BCUT2D eigenvalue weighted by molar-refractivity contribution is 0.110. The SMILES string of the molecule is CCNC(C(C)CCOC)C1COC(C)C1. The highest BCUT2D eigenvalue weighted by molar-refractivity contribution is 4.85. The normalized spacial score (nSPS) is 29.2. The maximum atomic E-state index is 5.68. The van der Waals surface area contributed by atoms with Crippen molar-refractivity contribution in [3.63, 3.8) is 0 Å².